The van der Waals surface area contributed by atoms with Crippen LogP contribution in [0.4, 0.5) is 5.82 Å². The molecule has 0 aliphatic carbocycles. The van der Waals surface area contributed by atoms with Crippen molar-refractivity contribution in [3.8, 4) is 22.8 Å². The molecular weight excluding hydrogens is 406 g/mol. The molecule has 152 valence electrons. The Balaban J connectivity index is 1.41. The van der Waals surface area contributed by atoms with Crippen LogP contribution in [0.3, 0.4) is 0 Å². The average molecular weight is 423 g/mol. The third-order valence-electron chi connectivity index (χ3n) is 4.81. The predicted molar refractivity (Wildman–Crippen MR) is 110 cm³/mol. The van der Waals surface area contributed by atoms with Gasteiger partial charge in [0, 0.05) is 24.5 Å². The van der Waals surface area contributed by atoms with E-state index < -0.39 is 10.0 Å². The van der Waals surface area contributed by atoms with Gasteiger partial charge >= 0.3 is 0 Å². The lowest BCUT2D eigenvalue weighted by molar-refractivity contribution is 0.174. The largest absolute Gasteiger partial charge is 0.454 e. The number of aromatic nitrogens is 3. The Hall–Kier alpha value is -3.63. The molecule has 30 heavy (non-hydrogen) atoms. The second-order valence-corrected chi connectivity index (χ2v) is 8.28. The number of ether oxygens (including phenoxy) is 2. The van der Waals surface area contributed by atoms with Gasteiger partial charge in [0.05, 0.1) is 16.8 Å². The van der Waals surface area contributed by atoms with Crippen LogP contribution < -0.4 is 19.9 Å². The maximum Gasteiger partial charge on any atom is 0.238 e. The van der Waals surface area contributed by atoms with Crippen molar-refractivity contribution in [3.63, 3.8) is 0 Å². The molecule has 0 fully saturated rings. The molecule has 0 amide bonds. The molecule has 2 aromatic heterocycles. The molecule has 3 heterocycles. The highest BCUT2D eigenvalue weighted by molar-refractivity contribution is 7.89. The average Bonchev–Trinajstić information content (AvgIpc) is 3.38. The molecule has 5 rings (SSSR count). The van der Waals surface area contributed by atoms with Gasteiger partial charge in [-0.2, -0.15) is 0 Å². The first-order valence-corrected chi connectivity index (χ1v) is 10.6. The maximum atomic E-state index is 11.4. The Labute approximate surface area is 172 Å². The molecule has 0 radical (unpaired) electrons. The molecule has 3 N–H and O–H groups in total. The number of imidazole rings is 1. The quantitative estimate of drug-likeness (QED) is 0.505. The van der Waals surface area contributed by atoms with E-state index in [0.717, 1.165) is 22.6 Å². The minimum absolute atomic E-state index is 0.0769. The zero-order chi connectivity index (χ0) is 20.7. The van der Waals surface area contributed by atoms with Gasteiger partial charge in [-0.15, -0.1) is 0 Å². The van der Waals surface area contributed by atoms with Crippen LogP contribution in [-0.4, -0.2) is 29.6 Å². The fraction of sp³-hybridized carbons (Fsp3) is 0.100. The molecule has 0 saturated heterocycles. The van der Waals surface area contributed by atoms with Crippen LogP contribution in [0.2, 0.25) is 0 Å². The Morgan fingerprint density at radius 3 is 2.67 bits per heavy atom. The summed E-state index contributed by atoms with van der Waals surface area (Å²) in [6.45, 7) is 0.673. The Bertz CT molecular complexity index is 1350. The molecule has 9 nitrogen and oxygen atoms in total. The lowest BCUT2D eigenvalue weighted by Crippen LogP contribution is -2.12. The molecular formula is C20H17N5O4S. The number of rotatable bonds is 5. The van der Waals surface area contributed by atoms with Gasteiger partial charge < -0.3 is 14.8 Å². The number of primary sulfonamides is 1. The number of fused-ring (bicyclic) bond motifs is 2. The van der Waals surface area contributed by atoms with E-state index in [1.54, 1.807) is 24.5 Å². The van der Waals surface area contributed by atoms with Crippen LogP contribution in [0, 0.1) is 0 Å². The number of benzene rings is 2. The third kappa shape index (κ3) is 3.31. The van der Waals surface area contributed by atoms with Crippen molar-refractivity contribution < 1.29 is 17.9 Å². The molecule has 0 bridgehead atoms. The molecule has 0 saturated carbocycles. The third-order valence-corrected chi connectivity index (χ3v) is 5.74. The highest BCUT2D eigenvalue weighted by atomic mass is 32.2. The Morgan fingerprint density at radius 1 is 1.07 bits per heavy atom. The van der Waals surface area contributed by atoms with Crippen LogP contribution in [0.25, 0.3) is 16.9 Å². The Morgan fingerprint density at radius 2 is 1.87 bits per heavy atom. The minimum atomic E-state index is -3.71. The van der Waals surface area contributed by atoms with Crippen LogP contribution >= 0.6 is 0 Å². The summed E-state index contributed by atoms with van der Waals surface area (Å²) in [5.74, 6) is 2.04. The first kappa shape index (κ1) is 18.4. The van der Waals surface area contributed by atoms with Crippen LogP contribution in [0.5, 0.6) is 11.5 Å². The zero-order valence-electron chi connectivity index (χ0n) is 15.6. The van der Waals surface area contributed by atoms with Gasteiger partial charge in [-0.25, -0.2) is 23.5 Å². The van der Waals surface area contributed by atoms with E-state index >= 15 is 0 Å². The number of sulfonamides is 1. The number of nitrogens with two attached hydrogens (primary N) is 1. The van der Waals surface area contributed by atoms with Gasteiger partial charge in [0.25, 0.3) is 0 Å². The minimum Gasteiger partial charge on any atom is -0.454 e. The molecule has 0 atom stereocenters. The first-order valence-electron chi connectivity index (χ1n) is 9.07. The van der Waals surface area contributed by atoms with Crippen LogP contribution in [-0.2, 0) is 16.6 Å². The summed E-state index contributed by atoms with van der Waals surface area (Å²) in [6, 6.07) is 12.1. The van der Waals surface area contributed by atoms with Gasteiger partial charge in [-0.3, -0.25) is 4.40 Å². The molecule has 0 spiro atoms. The molecule has 1 aliphatic heterocycles. The van der Waals surface area contributed by atoms with Gasteiger partial charge in [-0.1, -0.05) is 12.1 Å². The topological polar surface area (TPSA) is 121 Å². The number of nitrogens with zero attached hydrogens (tertiary/aromatic N) is 3. The summed E-state index contributed by atoms with van der Waals surface area (Å²) in [6.07, 6.45) is 5.31. The smallest absolute Gasteiger partial charge is 0.238 e. The highest BCUT2D eigenvalue weighted by Gasteiger charge is 2.16. The lowest BCUT2D eigenvalue weighted by atomic mass is 10.1. The predicted octanol–water partition coefficient (Wildman–Crippen LogP) is 2.38. The molecule has 4 aromatic rings. The van der Waals surface area contributed by atoms with Crippen molar-refractivity contribution in [3.05, 3.63) is 66.6 Å². The normalized spacial score (nSPS) is 13.0. The van der Waals surface area contributed by atoms with Gasteiger partial charge in [0.2, 0.25) is 16.8 Å². The number of anilines is 1. The summed E-state index contributed by atoms with van der Waals surface area (Å²) >= 11 is 0. The summed E-state index contributed by atoms with van der Waals surface area (Å²) in [5.41, 5.74) is 3.40. The number of nitrogens with one attached hydrogen (secondary N) is 1. The van der Waals surface area contributed by atoms with E-state index in [9.17, 15) is 8.42 Å². The van der Waals surface area contributed by atoms with Crippen molar-refractivity contribution >= 4 is 21.5 Å². The van der Waals surface area contributed by atoms with E-state index in [4.69, 9.17) is 14.6 Å². The van der Waals surface area contributed by atoms with Crippen molar-refractivity contribution in [2.75, 3.05) is 12.1 Å². The molecule has 0 unspecified atom stereocenters. The molecule has 1 aliphatic rings. The van der Waals surface area contributed by atoms with E-state index in [1.807, 2.05) is 28.8 Å². The van der Waals surface area contributed by atoms with Crippen molar-refractivity contribution in [2.24, 2.45) is 5.14 Å². The van der Waals surface area contributed by atoms with Crippen molar-refractivity contribution in [1.82, 2.24) is 14.4 Å². The van der Waals surface area contributed by atoms with E-state index in [0.29, 0.717) is 23.8 Å². The maximum absolute atomic E-state index is 11.4. The van der Waals surface area contributed by atoms with Crippen LogP contribution in [0.1, 0.15) is 5.56 Å². The van der Waals surface area contributed by atoms with E-state index in [2.05, 4.69) is 15.3 Å². The monoisotopic (exact) mass is 423 g/mol. The lowest BCUT2D eigenvalue weighted by Gasteiger charge is -2.09. The number of hydrogen-bond donors (Lipinski definition) is 2. The Kier molecular flexibility index (Phi) is 4.30. The SMILES string of the molecule is NS(=O)(=O)c1ccc(CNc2nccn3c(-c4ccc5c(c4)OCO5)cnc23)cc1. The standard InChI is InChI=1S/C20H17N5O4S/c21-30(26,27)15-4-1-13(2-5-15)10-23-19-20-24-11-16(25(20)8-7-22-19)14-3-6-17-18(9-14)29-12-28-17/h1-9,11H,10,12H2,(H,22,23)(H2,21,26,27). The number of hydrogen-bond acceptors (Lipinski definition) is 7. The second kappa shape index (κ2) is 7.01. The van der Waals surface area contributed by atoms with Crippen LogP contribution in [0.15, 0.2) is 66.0 Å². The summed E-state index contributed by atoms with van der Waals surface area (Å²) in [4.78, 5) is 8.98. The van der Waals surface area contributed by atoms with Crippen molar-refractivity contribution in [1.29, 1.82) is 0 Å². The van der Waals surface area contributed by atoms with E-state index in [1.165, 1.54) is 12.1 Å². The fourth-order valence-electron chi connectivity index (χ4n) is 3.30. The summed E-state index contributed by atoms with van der Waals surface area (Å²) in [7, 11) is -3.71. The second-order valence-electron chi connectivity index (χ2n) is 6.72. The molecule has 2 aromatic carbocycles. The van der Waals surface area contributed by atoms with Gasteiger partial charge in [0.15, 0.2) is 23.0 Å². The van der Waals surface area contributed by atoms with Crippen molar-refractivity contribution in [2.45, 2.75) is 11.4 Å². The fourth-order valence-corrected chi connectivity index (χ4v) is 3.81. The van der Waals surface area contributed by atoms with E-state index in [-0.39, 0.29) is 11.7 Å². The summed E-state index contributed by atoms with van der Waals surface area (Å²) in [5, 5.41) is 8.38. The van der Waals surface area contributed by atoms with Gasteiger partial charge in [0.1, 0.15) is 0 Å². The first-order chi connectivity index (χ1) is 14.5. The highest BCUT2D eigenvalue weighted by Crippen LogP contribution is 2.36. The zero-order valence-corrected chi connectivity index (χ0v) is 16.5. The summed E-state index contributed by atoms with van der Waals surface area (Å²) < 4.78 is 35.5. The van der Waals surface area contributed by atoms with Gasteiger partial charge in [-0.05, 0) is 35.9 Å². The molecule has 10 heteroatoms.